The van der Waals surface area contributed by atoms with Crippen molar-refractivity contribution in [1.82, 2.24) is 14.7 Å². The molecule has 5 rings (SSSR count). The van der Waals surface area contributed by atoms with Crippen LogP contribution in [0, 0.1) is 11.3 Å². The molecule has 0 aromatic rings. The second-order valence-corrected chi connectivity index (χ2v) is 11.8. The number of likely N-dealkylation sites (tertiary alicyclic amines) is 2. The van der Waals surface area contributed by atoms with Crippen LogP contribution in [0.5, 0.6) is 0 Å². The highest BCUT2D eigenvalue weighted by atomic mass is 16.6. The highest BCUT2D eigenvalue weighted by Crippen LogP contribution is 2.50. The lowest BCUT2D eigenvalue weighted by atomic mass is 9.64. The normalized spacial score (nSPS) is 32.1. The van der Waals surface area contributed by atoms with Crippen LogP contribution < -0.4 is 0 Å². The van der Waals surface area contributed by atoms with E-state index in [9.17, 15) is 4.79 Å². The maximum atomic E-state index is 12.1. The summed E-state index contributed by atoms with van der Waals surface area (Å²) >= 11 is 0. The number of rotatable bonds is 3. The van der Waals surface area contributed by atoms with Gasteiger partial charge in [0, 0.05) is 43.7 Å². The Kier molecular flexibility index (Phi) is 7.37. The molecule has 1 saturated carbocycles. The number of hydrogen-bond donors (Lipinski definition) is 0. The first-order valence-electron chi connectivity index (χ1n) is 14.2. The first kappa shape index (κ1) is 23.7. The molecule has 5 heteroatoms. The Labute approximate surface area is 201 Å². The average molecular weight is 458 g/mol. The minimum Gasteiger partial charge on any atom is -0.450 e. The van der Waals surface area contributed by atoms with Crippen molar-refractivity contribution >= 4 is 6.09 Å². The highest BCUT2D eigenvalue weighted by molar-refractivity contribution is 5.67. The highest BCUT2D eigenvalue weighted by Gasteiger charge is 2.46. The van der Waals surface area contributed by atoms with Crippen molar-refractivity contribution in [2.24, 2.45) is 11.3 Å². The topological polar surface area (TPSA) is 36.0 Å². The van der Waals surface area contributed by atoms with Crippen LogP contribution in [0.3, 0.4) is 0 Å². The minimum atomic E-state index is -0.121. The third-order valence-corrected chi connectivity index (χ3v) is 9.92. The Hall–Kier alpha value is -1.07. The molecule has 5 aliphatic rings. The first-order valence-corrected chi connectivity index (χ1v) is 14.2. The first-order chi connectivity index (χ1) is 16.1. The fraction of sp³-hybridized carbons (Fsp3) is 0.893. The van der Waals surface area contributed by atoms with E-state index in [1.54, 1.807) is 0 Å². The van der Waals surface area contributed by atoms with Gasteiger partial charge in [0.05, 0.1) is 6.61 Å². The predicted molar refractivity (Wildman–Crippen MR) is 133 cm³/mol. The molecule has 2 atom stereocenters. The third kappa shape index (κ3) is 4.87. The minimum absolute atomic E-state index is 0.121. The molecule has 3 heterocycles. The predicted octanol–water partition coefficient (Wildman–Crippen LogP) is 5.45. The standard InChI is InChI=1S/C28H47N3O2/c1-3-33-27(32)30-16-12-24(13-17-30)29-18-14-28(15-19-29)21-31(26-11-7-4-8-22(26)2)20-23-9-5-6-10-25(23)28/h22,24,26H,3-21H2,1-2H3. The average Bonchev–Trinajstić information content (AvgIpc) is 2.85. The molecule has 5 nitrogen and oxygen atoms in total. The van der Waals surface area contributed by atoms with E-state index >= 15 is 0 Å². The van der Waals surface area contributed by atoms with Gasteiger partial charge in [-0.3, -0.25) is 4.90 Å². The van der Waals surface area contributed by atoms with Gasteiger partial charge in [-0.2, -0.15) is 0 Å². The molecule has 2 unspecified atom stereocenters. The van der Waals surface area contributed by atoms with Crippen molar-refractivity contribution in [1.29, 1.82) is 0 Å². The zero-order valence-corrected chi connectivity index (χ0v) is 21.3. The molecule has 33 heavy (non-hydrogen) atoms. The summed E-state index contributed by atoms with van der Waals surface area (Å²) in [5, 5.41) is 0. The second kappa shape index (κ2) is 10.3. The molecule has 0 aromatic heterocycles. The lowest BCUT2D eigenvalue weighted by Crippen LogP contribution is -2.57. The van der Waals surface area contributed by atoms with Crippen molar-refractivity contribution in [2.75, 3.05) is 45.9 Å². The maximum Gasteiger partial charge on any atom is 0.409 e. The van der Waals surface area contributed by atoms with Gasteiger partial charge in [-0.25, -0.2) is 4.79 Å². The Morgan fingerprint density at radius 3 is 2.39 bits per heavy atom. The summed E-state index contributed by atoms with van der Waals surface area (Å²) in [6.45, 7) is 11.7. The van der Waals surface area contributed by atoms with Gasteiger partial charge in [0.25, 0.3) is 0 Å². The van der Waals surface area contributed by atoms with Crippen molar-refractivity contribution in [3.05, 3.63) is 11.1 Å². The largest absolute Gasteiger partial charge is 0.450 e. The molecular formula is C28H47N3O2. The summed E-state index contributed by atoms with van der Waals surface area (Å²) in [7, 11) is 0. The van der Waals surface area contributed by atoms with Crippen LogP contribution in [0.4, 0.5) is 4.79 Å². The molecule has 0 bridgehead atoms. The Balaban J connectivity index is 1.24. The van der Waals surface area contributed by atoms with E-state index in [1.165, 1.54) is 90.4 Å². The zero-order chi connectivity index (χ0) is 22.8. The number of hydrogen-bond acceptors (Lipinski definition) is 4. The van der Waals surface area contributed by atoms with Gasteiger partial charge < -0.3 is 14.5 Å². The second-order valence-electron chi connectivity index (χ2n) is 11.8. The van der Waals surface area contributed by atoms with E-state index in [-0.39, 0.29) is 6.09 Å². The van der Waals surface area contributed by atoms with Crippen LogP contribution in [-0.4, -0.2) is 78.8 Å². The Morgan fingerprint density at radius 2 is 1.67 bits per heavy atom. The Bertz CT molecular complexity index is 719. The molecule has 186 valence electrons. The van der Waals surface area contributed by atoms with Gasteiger partial charge in [-0.1, -0.05) is 30.9 Å². The van der Waals surface area contributed by atoms with E-state index in [0.29, 0.717) is 18.1 Å². The van der Waals surface area contributed by atoms with Gasteiger partial charge in [-0.05, 0) is 90.1 Å². The van der Waals surface area contributed by atoms with Gasteiger partial charge in [0.1, 0.15) is 0 Å². The SMILES string of the molecule is CCOC(=O)N1CCC(N2CCC3(CC2)CN(C2CCCCC2C)CC2=C3CCCC2)CC1. The lowest BCUT2D eigenvalue weighted by molar-refractivity contribution is 0.00871. The van der Waals surface area contributed by atoms with E-state index in [0.717, 1.165) is 37.9 Å². The van der Waals surface area contributed by atoms with Crippen molar-refractivity contribution in [3.63, 3.8) is 0 Å². The molecule has 0 radical (unpaired) electrons. The molecule has 0 N–H and O–H groups in total. The zero-order valence-electron chi connectivity index (χ0n) is 21.3. The molecule has 2 aliphatic carbocycles. The van der Waals surface area contributed by atoms with Gasteiger partial charge >= 0.3 is 6.09 Å². The molecule has 1 amide bonds. The number of amides is 1. The van der Waals surface area contributed by atoms with Crippen LogP contribution in [0.25, 0.3) is 0 Å². The van der Waals surface area contributed by atoms with Gasteiger partial charge in [0.2, 0.25) is 0 Å². The lowest BCUT2D eigenvalue weighted by Gasteiger charge is -2.55. The van der Waals surface area contributed by atoms with Crippen LogP contribution in [0.2, 0.25) is 0 Å². The summed E-state index contributed by atoms with van der Waals surface area (Å²) < 4.78 is 5.22. The monoisotopic (exact) mass is 457 g/mol. The quantitative estimate of drug-likeness (QED) is 0.528. The van der Waals surface area contributed by atoms with E-state index in [2.05, 4.69) is 16.7 Å². The molecule has 3 fully saturated rings. The maximum absolute atomic E-state index is 12.1. The molecule has 0 aromatic carbocycles. The van der Waals surface area contributed by atoms with Crippen LogP contribution in [0.1, 0.15) is 90.9 Å². The van der Waals surface area contributed by atoms with E-state index in [4.69, 9.17) is 4.74 Å². The summed E-state index contributed by atoms with van der Waals surface area (Å²) in [6.07, 6.45) is 16.1. The van der Waals surface area contributed by atoms with Crippen molar-refractivity contribution < 1.29 is 9.53 Å². The summed E-state index contributed by atoms with van der Waals surface area (Å²) in [4.78, 5) is 19.7. The number of ether oxygens (including phenoxy) is 1. The van der Waals surface area contributed by atoms with Crippen molar-refractivity contribution in [2.45, 2.75) is 103 Å². The fourth-order valence-corrected chi connectivity index (χ4v) is 8.05. The number of nitrogens with zero attached hydrogens (tertiary/aromatic N) is 3. The van der Waals surface area contributed by atoms with E-state index in [1.807, 2.05) is 23.0 Å². The molecule has 1 spiro atoms. The van der Waals surface area contributed by atoms with E-state index < -0.39 is 0 Å². The Morgan fingerprint density at radius 1 is 0.939 bits per heavy atom. The van der Waals surface area contributed by atoms with Gasteiger partial charge in [-0.15, -0.1) is 0 Å². The van der Waals surface area contributed by atoms with Gasteiger partial charge in [0.15, 0.2) is 0 Å². The summed E-state index contributed by atoms with van der Waals surface area (Å²) in [5.41, 5.74) is 4.21. The fourth-order valence-electron chi connectivity index (χ4n) is 8.05. The molecular weight excluding hydrogens is 410 g/mol. The molecule has 3 aliphatic heterocycles. The number of carbonyl (C=O) groups excluding carboxylic acids is 1. The number of carbonyl (C=O) groups is 1. The smallest absolute Gasteiger partial charge is 0.409 e. The summed E-state index contributed by atoms with van der Waals surface area (Å²) in [6, 6.07) is 1.46. The molecule has 2 saturated heterocycles. The van der Waals surface area contributed by atoms with Crippen molar-refractivity contribution in [3.8, 4) is 0 Å². The number of piperidine rings is 2. The number of fused-ring (bicyclic) bond motifs is 1. The summed E-state index contributed by atoms with van der Waals surface area (Å²) in [5.74, 6) is 0.867. The van der Waals surface area contributed by atoms with Crippen LogP contribution in [-0.2, 0) is 4.74 Å². The third-order valence-electron chi connectivity index (χ3n) is 9.92. The van der Waals surface area contributed by atoms with Crippen LogP contribution >= 0.6 is 0 Å². The van der Waals surface area contributed by atoms with Crippen LogP contribution in [0.15, 0.2) is 11.1 Å².